The van der Waals surface area contributed by atoms with Gasteiger partial charge < -0.3 is 28.4 Å². The molecule has 0 aromatic heterocycles. The third-order valence-electron chi connectivity index (χ3n) is 4.41. The van der Waals surface area contributed by atoms with Gasteiger partial charge in [0.1, 0.15) is 18.8 Å². The normalized spacial score (nSPS) is 26.2. The van der Waals surface area contributed by atoms with Gasteiger partial charge in [-0.3, -0.25) is 24.0 Å². The first-order valence-electron chi connectivity index (χ1n) is 9.20. The van der Waals surface area contributed by atoms with Crippen molar-refractivity contribution in [1.82, 2.24) is 0 Å². The number of ether oxygens (including phenoxy) is 6. The largest absolute Gasteiger partial charge is 0.469 e. The Kier molecular flexibility index (Phi) is 8.76. The fraction of sp³-hybridized carbons (Fsp3) is 0.737. The van der Waals surface area contributed by atoms with E-state index in [1.807, 2.05) is 0 Å². The molecule has 1 aliphatic heterocycles. The van der Waals surface area contributed by atoms with Gasteiger partial charge in [-0.2, -0.15) is 0 Å². The van der Waals surface area contributed by atoms with E-state index in [1.54, 1.807) is 0 Å². The topological polar surface area (TPSA) is 141 Å². The van der Waals surface area contributed by atoms with E-state index in [-0.39, 0.29) is 6.61 Å². The molecule has 5 atom stereocenters. The summed E-state index contributed by atoms with van der Waals surface area (Å²) < 4.78 is 31.7. The molecular weight excluding hydrogens is 404 g/mol. The van der Waals surface area contributed by atoms with Gasteiger partial charge in [0.2, 0.25) is 0 Å². The van der Waals surface area contributed by atoms with Gasteiger partial charge in [0.25, 0.3) is 0 Å². The molecule has 0 aromatic carbocycles. The van der Waals surface area contributed by atoms with Crippen LogP contribution in [0, 0.1) is 5.41 Å². The van der Waals surface area contributed by atoms with Crippen LogP contribution in [0.4, 0.5) is 0 Å². The van der Waals surface area contributed by atoms with Crippen LogP contribution >= 0.6 is 0 Å². The third-order valence-corrected chi connectivity index (χ3v) is 4.41. The number of carbonyl (C=O) groups is 5. The minimum atomic E-state index is -1.39. The number of hydrogen-bond donors (Lipinski definition) is 0. The van der Waals surface area contributed by atoms with Gasteiger partial charge in [0, 0.05) is 27.7 Å². The van der Waals surface area contributed by atoms with Crippen LogP contribution in [0.25, 0.3) is 0 Å². The standard InChI is InChI=1S/C19H28O11/c1-9(20)26-8-13-14(27-10(2)21)15(28-11(3)22)16(29-12(4)23)17(30-13)19(5,6)18(24)25-7/h13-17H,8H2,1-7H3/t13-,14-,15+,16-,17-/m1/s1. The molecule has 170 valence electrons. The number of esters is 5. The number of rotatable bonds is 7. The van der Waals surface area contributed by atoms with Crippen molar-refractivity contribution >= 4 is 29.8 Å². The van der Waals surface area contributed by atoms with Crippen molar-refractivity contribution in [3.63, 3.8) is 0 Å². The van der Waals surface area contributed by atoms with Crippen LogP contribution in [-0.2, 0) is 52.4 Å². The van der Waals surface area contributed by atoms with Crippen LogP contribution in [-0.4, -0.2) is 74.1 Å². The van der Waals surface area contributed by atoms with Gasteiger partial charge in [-0.05, 0) is 13.8 Å². The first-order valence-corrected chi connectivity index (χ1v) is 9.20. The van der Waals surface area contributed by atoms with Crippen LogP contribution in [0.1, 0.15) is 41.5 Å². The van der Waals surface area contributed by atoms with E-state index in [0.29, 0.717) is 0 Å². The van der Waals surface area contributed by atoms with Gasteiger partial charge in [-0.1, -0.05) is 0 Å². The van der Waals surface area contributed by atoms with Gasteiger partial charge in [-0.25, -0.2) is 0 Å². The van der Waals surface area contributed by atoms with Crippen molar-refractivity contribution in [2.45, 2.75) is 72.1 Å². The Hall–Kier alpha value is -2.69. The molecule has 1 rings (SSSR count). The monoisotopic (exact) mass is 432 g/mol. The molecule has 30 heavy (non-hydrogen) atoms. The zero-order valence-electron chi connectivity index (χ0n) is 18.1. The summed E-state index contributed by atoms with van der Waals surface area (Å²) in [5, 5.41) is 0. The van der Waals surface area contributed by atoms with E-state index in [1.165, 1.54) is 27.9 Å². The average molecular weight is 432 g/mol. The summed E-state index contributed by atoms with van der Waals surface area (Å²) in [7, 11) is 1.18. The summed E-state index contributed by atoms with van der Waals surface area (Å²) in [6.07, 6.45) is -6.25. The molecule has 11 nitrogen and oxygen atoms in total. The highest BCUT2D eigenvalue weighted by Gasteiger charge is 2.58. The molecule has 1 saturated heterocycles. The Labute approximate surface area is 174 Å². The van der Waals surface area contributed by atoms with Crippen LogP contribution in [0.15, 0.2) is 0 Å². The second kappa shape index (κ2) is 10.4. The van der Waals surface area contributed by atoms with Crippen LogP contribution in [0.5, 0.6) is 0 Å². The smallest absolute Gasteiger partial charge is 0.314 e. The predicted octanol–water partition coefficient (Wildman–Crippen LogP) is 0.311. The summed E-state index contributed by atoms with van der Waals surface area (Å²) in [5.41, 5.74) is -1.39. The average Bonchev–Trinajstić information content (AvgIpc) is 2.61. The lowest BCUT2D eigenvalue weighted by Crippen LogP contribution is -2.66. The fourth-order valence-electron chi connectivity index (χ4n) is 3.19. The van der Waals surface area contributed by atoms with E-state index >= 15 is 0 Å². The molecular formula is C19H28O11. The summed E-state index contributed by atoms with van der Waals surface area (Å²) in [5.74, 6) is -3.55. The molecule has 0 spiro atoms. The molecule has 1 aliphatic rings. The summed E-state index contributed by atoms with van der Waals surface area (Å²) in [6, 6.07) is 0. The Morgan fingerprint density at radius 3 is 1.67 bits per heavy atom. The van der Waals surface area contributed by atoms with Gasteiger partial charge in [0.15, 0.2) is 18.3 Å². The maximum absolute atomic E-state index is 12.4. The first-order chi connectivity index (χ1) is 13.8. The predicted molar refractivity (Wildman–Crippen MR) is 97.8 cm³/mol. The lowest BCUT2D eigenvalue weighted by molar-refractivity contribution is -0.269. The zero-order valence-corrected chi connectivity index (χ0v) is 18.1. The van der Waals surface area contributed by atoms with Crippen molar-refractivity contribution in [3.05, 3.63) is 0 Å². The third kappa shape index (κ3) is 6.41. The molecule has 0 aliphatic carbocycles. The summed E-state index contributed by atoms with van der Waals surface area (Å²) >= 11 is 0. The van der Waals surface area contributed by atoms with Crippen molar-refractivity contribution in [2.24, 2.45) is 5.41 Å². The Morgan fingerprint density at radius 1 is 0.767 bits per heavy atom. The van der Waals surface area contributed by atoms with Crippen molar-refractivity contribution in [3.8, 4) is 0 Å². The maximum Gasteiger partial charge on any atom is 0.314 e. The van der Waals surface area contributed by atoms with E-state index in [4.69, 9.17) is 28.4 Å². The molecule has 11 heteroatoms. The van der Waals surface area contributed by atoms with Crippen molar-refractivity contribution in [1.29, 1.82) is 0 Å². The molecule has 1 fully saturated rings. The van der Waals surface area contributed by atoms with E-state index in [9.17, 15) is 24.0 Å². The highest BCUT2D eigenvalue weighted by atomic mass is 16.7. The molecule has 0 aromatic rings. The lowest BCUT2D eigenvalue weighted by Gasteiger charge is -2.48. The lowest BCUT2D eigenvalue weighted by atomic mass is 9.78. The Morgan fingerprint density at radius 2 is 1.23 bits per heavy atom. The van der Waals surface area contributed by atoms with E-state index in [2.05, 4.69) is 0 Å². The van der Waals surface area contributed by atoms with E-state index in [0.717, 1.165) is 20.8 Å². The summed E-state index contributed by atoms with van der Waals surface area (Å²) in [4.78, 5) is 58.9. The number of hydrogen-bond acceptors (Lipinski definition) is 11. The number of methoxy groups -OCH3 is 1. The zero-order chi connectivity index (χ0) is 23.2. The molecule has 1 heterocycles. The molecule has 0 radical (unpaired) electrons. The highest BCUT2D eigenvalue weighted by molar-refractivity contribution is 5.77. The van der Waals surface area contributed by atoms with Crippen LogP contribution < -0.4 is 0 Å². The van der Waals surface area contributed by atoms with Crippen molar-refractivity contribution < 1.29 is 52.4 Å². The first kappa shape index (κ1) is 25.3. The quantitative estimate of drug-likeness (QED) is 0.405. The van der Waals surface area contributed by atoms with Gasteiger partial charge >= 0.3 is 29.8 Å². The maximum atomic E-state index is 12.4. The van der Waals surface area contributed by atoms with Crippen LogP contribution in [0.2, 0.25) is 0 Å². The second-order valence-electron chi connectivity index (χ2n) is 7.33. The van der Waals surface area contributed by atoms with Gasteiger partial charge in [0.05, 0.1) is 12.5 Å². The van der Waals surface area contributed by atoms with Crippen molar-refractivity contribution in [2.75, 3.05) is 13.7 Å². The second-order valence-corrected chi connectivity index (χ2v) is 7.33. The SMILES string of the molecule is COC(=O)C(C)(C)[C@@H]1O[C@H](COC(C)=O)[C@@H](OC(C)=O)[C@H](OC(C)=O)[C@H]1OC(C)=O. The number of carbonyl (C=O) groups excluding carboxylic acids is 5. The molecule has 0 N–H and O–H groups in total. The molecule has 0 unspecified atom stereocenters. The Balaban J connectivity index is 3.52. The minimum absolute atomic E-state index is 0.369. The van der Waals surface area contributed by atoms with Gasteiger partial charge in [-0.15, -0.1) is 0 Å². The Bertz CT molecular complexity index is 684. The fourth-order valence-corrected chi connectivity index (χ4v) is 3.19. The molecule has 0 bridgehead atoms. The highest BCUT2D eigenvalue weighted by Crippen LogP contribution is 2.38. The molecule has 0 amide bonds. The van der Waals surface area contributed by atoms with Crippen LogP contribution in [0.3, 0.4) is 0 Å². The minimum Gasteiger partial charge on any atom is -0.469 e. The summed E-state index contributed by atoms with van der Waals surface area (Å²) in [6.45, 7) is 7.14. The van der Waals surface area contributed by atoms with E-state index < -0.39 is 65.8 Å². The molecule has 0 saturated carbocycles.